The second kappa shape index (κ2) is 6.11. The van der Waals surface area contributed by atoms with Crippen LogP contribution in [0.25, 0.3) is 0 Å². The van der Waals surface area contributed by atoms with E-state index < -0.39 is 0 Å². The molecule has 2 aromatic rings. The van der Waals surface area contributed by atoms with Crippen molar-refractivity contribution in [3.63, 3.8) is 0 Å². The second-order valence-corrected chi connectivity index (χ2v) is 5.76. The number of rotatable bonds is 4. The molecule has 7 heteroatoms. The molecule has 106 valence electrons. The Kier molecular flexibility index (Phi) is 4.46. The highest BCUT2D eigenvalue weighted by molar-refractivity contribution is 7.18. The van der Waals surface area contributed by atoms with Crippen molar-refractivity contribution in [1.82, 2.24) is 10.3 Å². The minimum atomic E-state index is -0.243. The number of halogens is 1. The molecule has 2 rings (SSSR count). The van der Waals surface area contributed by atoms with E-state index in [-0.39, 0.29) is 11.7 Å². The molecule has 0 saturated carbocycles. The molecule has 0 radical (unpaired) electrons. The quantitative estimate of drug-likeness (QED) is 0.909. The third kappa shape index (κ3) is 3.20. The van der Waals surface area contributed by atoms with Crippen LogP contribution in [0.1, 0.15) is 15.2 Å². The van der Waals surface area contributed by atoms with Crippen molar-refractivity contribution < 1.29 is 4.79 Å². The van der Waals surface area contributed by atoms with Gasteiger partial charge in [0.2, 0.25) is 0 Å². The minimum absolute atomic E-state index is 0.243. The van der Waals surface area contributed by atoms with E-state index in [1.54, 1.807) is 6.07 Å². The van der Waals surface area contributed by atoms with Crippen LogP contribution in [0.3, 0.4) is 0 Å². The molecule has 1 heterocycles. The molecule has 20 heavy (non-hydrogen) atoms. The normalized spacial score (nSPS) is 10.3. The zero-order valence-electron chi connectivity index (χ0n) is 11.2. The van der Waals surface area contributed by atoms with E-state index in [2.05, 4.69) is 10.3 Å². The number of anilines is 2. The molecule has 1 aromatic carbocycles. The zero-order valence-corrected chi connectivity index (χ0v) is 12.8. The van der Waals surface area contributed by atoms with Crippen LogP contribution in [-0.4, -0.2) is 25.0 Å². The lowest BCUT2D eigenvalue weighted by atomic mass is 10.2. The lowest BCUT2D eigenvalue weighted by Gasteiger charge is -2.06. The number of nitrogens with two attached hydrogens (primary N) is 1. The average molecular weight is 311 g/mol. The van der Waals surface area contributed by atoms with Crippen LogP contribution in [0.5, 0.6) is 0 Å². The Balaban J connectivity index is 2.07. The number of hydrogen-bond acceptors (Lipinski definition) is 5. The van der Waals surface area contributed by atoms with E-state index in [0.717, 1.165) is 5.56 Å². The third-order valence-corrected chi connectivity index (χ3v) is 4.23. The van der Waals surface area contributed by atoms with Gasteiger partial charge in [-0.15, -0.1) is 0 Å². The molecule has 1 amide bonds. The molecule has 0 aliphatic rings. The number of benzene rings is 1. The lowest BCUT2D eigenvalue weighted by molar-refractivity contribution is 0.0955. The first-order valence-electron chi connectivity index (χ1n) is 5.94. The smallest absolute Gasteiger partial charge is 0.265 e. The topological polar surface area (TPSA) is 71.2 Å². The van der Waals surface area contributed by atoms with Crippen molar-refractivity contribution in [3.8, 4) is 0 Å². The molecule has 0 bridgehead atoms. The van der Waals surface area contributed by atoms with E-state index >= 15 is 0 Å². The average Bonchev–Trinajstić information content (AvgIpc) is 2.80. The fourth-order valence-corrected chi connectivity index (χ4v) is 2.60. The van der Waals surface area contributed by atoms with Crippen LogP contribution >= 0.6 is 22.9 Å². The number of nitrogens with zero attached hydrogens (tertiary/aromatic N) is 2. The van der Waals surface area contributed by atoms with Gasteiger partial charge in [-0.2, -0.15) is 0 Å². The Labute approximate surface area is 126 Å². The van der Waals surface area contributed by atoms with Crippen LogP contribution in [0.15, 0.2) is 24.3 Å². The van der Waals surface area contributed by atoms with Gasteiger partial charge in [0, 0.05) is 25.7 Å². The number of nitrogens with one attached hydrogen (secondary N) is 1. The van der Waals surface area contributed by atoms with Gasteiger partial charge in [-0.05, 0) is 11.6 Å². The minimum Gasteiger partial charge on any atom is -0.382 e. The number of hydrogen-bond donors (Lipinski definition) is 2. The van der Waals surface area contributed by atoms with Crippen molar-refractivity contribution in [3.05, 3.63) is 39.7 Å². The molecule has 0 spiro atoms. The van der Waals surface area contributed by atoms with Gasteiger partial charge in [0.15, 0.2) is 5.13 Å². The van der Waals surface area contributed by atoms with Gasteiger partial charge in [0.25, 0.3) is 5.91 Å². The molecule has 0 unspecified atom stereocenters. The number of aromatic nitrogens is 1. The van der Waals surface area contributed by atoms with Crippen molar-refractivity contribution in [2.24, 2.45) is 0 Å². The fraction of sp³-hybridized carbons (Fsp3) is 0.231. The van der Waals surface area contributed by atoms with Gasteiger partial charge in [-0.1, -0.05) is 41.1 Å². The second-order valence-electron chi connectivity index (χ2n) is 4.38. The van der Waals surface area contributed by atoms with Crippen LogP contribution in [-0.2, 0) is 6.54 Å². The van der Waals surface area contributed by atoms with Crippen molar-refractivity contribution in [1.29, 1.82) is 0 Å². The molecule has 0 atom stereocenters. The maximum Gasteiger partial charge on any atom is 0.265 e. The van der Waals surface area contributed by atoms with Gasteiger partial charge < -0.3 is 16.0 Å². The fourth-order valence-electron chi connectivity index (χ4n) is 1.57. The number of carbonyl (C=O) groups excluding carboxylic acids is 1. The maximum absolute atomic E-state index is 12.1. The predicted octanol–water partition coefficient (Wildman–Crippen LogP) is 2.37. The molecule has 0 aliphatic heterocycles. The highest BCUT2D eigenvalue weighted by atomic mass is 35.5. The summed E-state index contributed by atoms with van der Waals surface area (Å²) in [5.41, 5.74) is 6.62. The Morgan fingerprint density at radius 3 is 2.75 bits per heavy atom. The Hall–Kier alpha value is -1.79. The largest absolute Gasteiger partial charge is 0.382 e. The molecule has 0 saturated heterocycles. The van der Waals surface area contributed by atoms with Crippen LogP contribution in [0, 0.1) is 0 Å². The van der Waals surface area contributed by atoms with Crippen LogP contribution in [0.4, 0.5) is 10.9 Å². The van der Waals surface area contributed by atoms with E-state index in [0.29, 0.717) is 21.6 Å². The van der Waals surface area contributed by atoms with Gasteiger partial charge in [0.05, 0.1) is 0 Å². The molecule has 3 N–H and O–H groups in total. The highest BCUT2D eigenvalue weighted by Gasteiger charge is 2.17. The van der Waals surface area contributed by atoms with Gasteiger partial charge >= 0.3 is 0 Å². The summed E-state index contributed by atoms with van der Waals surface area (Å²) in [4.78, 5) is 18.5. The van der Waals surface area contributed by atoms with Gasteiger partial charge in [-0.25, -0.2) is 4.98 Å². The molecular weight excluding hydrogens is 296 g/mol. The molecule has 0 aliphatic carbocycles. The van der Waals surface area contributed by atoms with E-state index in [9.17, 15) is 4.79 Å². The Morgan fingerprint density at radius 1 is 1.45 bits per heavy atom. The summed E-state index contributed by atoms with van der Waals surface area (Å²) >= 11 is 7.30. The maximum atomic E-state index is 12.1. The van der Waals surface area contributed by atoms with E-state index in [1.807, 2.05) is 37.2 Å². The summed E-state index contributed by atoms with van der Waals surface area (Å²) in [7, 11) is 3.70. The molecular formula is C13H15ClN4OS. The van der Waals surface area contributed by atoms with E-state index in [4.69, 9.17) is 17.3 Å². The zero-order chi connectivity index (χ0) is 14.7. The van der Waals surface area contributed by atoms with Crippen LogP contribution < -0.4 is 16.0 Å². The molecule has 5 nitrogen and oxygen atoms in total. The number of thiazole rings is 1. The highest BCUT2D eigenvalue weighted by Crippen LogP contribution is 2.26. The van der Waals surface area contributed by atoms with Gasteiger partial charge in [-0.3, -0.25) is 4.79 Å². The third-order valence-electron chi connectivity index (χ3n) is 2.63. The monoisotopic (exact) mass is 310 g/mol. The summed E-state index contributed by atoms with van der Waals surface area (Å²) in [5, 5.41) is 4.12. The Bertz CT molecular complexity index is 627. The first kappa shape index (κ1) is 14.6. The summed E-state index contributed by atoms with van der Waals surface area (Å²) in [6, 6.07) is 7.37. The predicted molar refractivity (Wildman–Crippen MR) is 83.5 cm³/mol. The first-order chi connectivity index (χ1) is 9.49. The van der Waals surface area contributed by atoms with Gasteiger partial charge in [0.1, 0.15) is 10.7 Å². The summed E-state index contributed by atoms with van der Waals surface area (Å²) in [5.74, 6) is 0.00313. The standard InChI is InChI=1S/C13H15ClN4OS/c1-18(2)13-17-11(15)10(20-13)12(19)16-7-8-5-3-4-6-9(8)14/h3-6H,7,15H2,1-2H3,(H,16,19). The summed E-state index contributed by atoms with van der Waals surface area (Å²) in [6.45, 7) is 0.354. The molecule has 0 fully saturated rings. The molecule has 1 aromatic heterocycles. The van der Waals surface area contributed by atoms with Crippen molar-refractivity contribution >= 4 is 39.8 Å². The number of amides is 1. The number of carbonyl (C=O) groups is 1. The summed E-state index contributed by atoms with van der Waals surface area (Å²) < 4.78 is 0. The van der Waals surface area contributed by atoms with Crippen molar-refractivity contribution in [2.45, 2.75) is 6.54 Å². The first-order valence-corrected chi connectivity index (χ1v) is 7.13. The van der Waals surface area contributed by atoms with E-state index in [1.165, 1.54) is 11.3 Å². The van der Waals surface area contributed by atoms with Crippen LogP contribution in [0.2, 0.25) is 5.02 Å². The number of nitrogen functional groups attached to an aromatic ring is 1. The Morgan fingerprint density at radius 2 is 2.15 bits per heavy atom. The SMILES string of the molecule is CN(C)c1nc(N)c(C(=O)NCc2ccccc2Cl)s1. The summed E-state index contributed by atoms with van der Waals surface area (Å²) in [6.07, 6.45) is 0. The lowest BCUT2D eigenvalue weighted by Crippen LogP contribution is -2.22. The van der Waals surface area contributed by atoms with Crippen molar-refractivity contribution in [2.75, 3.05) is 24.7 Å².